The summed E-state index contributed by atoms with van der Waals surface area (Å²) in [6, 6.07) is 21.1. The van der Waals surface area contributed by atoms with Crippen molar-refractivity contribution in [3.63, 3.8) is 0 Å². The van der Waals surface area contributed by atoms with Crippen LogP contribution in [-0.2, 0) is 0 Å². The minimum atomic E-state index is 0.399. The van der Waals surface area contributed by atoms with Crippen LogP contribution in [0.3, 0.4) is 0 Å². The molecule has 1 aliphatic heterocycles. The molecule has 5 heteroatoms. The summed E-state index contributed by atoms with van der Waals surface area (Å²) in [5.74, 6) is 0.657. The highest BCUT2D eigenvalue weighted by atomic mass is 15.3. The van der Waals surface area contributed by atoms with Gasteiger partial charge in [-0.1, -0.05) is 47.7 Å². The highest BCUT2D eigenvalue weighted by Crippen LogP contribution is 2.31. The minimum Gasteiger partial charge on any atom is -0.371 e. The third-order valence-corrected chi connectivity index (χ3v) is 4.93. The molecule has 0 aliphatic carbocycles. The third kappa shape index (κ3) is 3.11. The number of nitrogens with zero attached hydrogens (tertiary/aromatic N) is 4. The molecule has 0 bridgehead atoms. The first kappa shape index (κ1) is 15.4. The maximum Gasteiger partial charge on any atom is 0.163 e. The third-order valence-electron chi connectivity index (χ3n) is 4.93. The number of piperidine rings is 1. The smallest absolute Gasteiger partial charge is 0.163 e. The lowest BCUT2D eigenvalue weighted by atomic mass is 9.89. The lowest BCUT2D eigenvalue weighted by Crippen LogP contribution is -2.32. The Balaban J connectivity index is 1.45. The number of benzene rings is 2. The molecule has 1 fully saturated rings. The van der Waals surface area contributed by atoms with E-state index in [1.165, 1.54) is 24.1 Å². The van der Waals surface area contributed by atoms with E-state index in [-0.39, 0.29) is 0 Å². The van der Waals surface area contributed by atoms with Gasteiger partial charge in [0.15, 0.2) is 5.69 Å². The highest BCUT2D eigenvalue weighted by Gasteiger charge is 2.20. The van der Waals surface area contributed by atoms with E-state index in [1.54, 1.807) is 0 Å². The average Bonchev–Trinajstić information content (AvgIpc) is 3.18. The van der Waals surface area contributed by atoms with Gasteiger partial charge in [-0.05, 0) is 36.5 Å². The second kappa shape index (κ2) is 6.78. The lowest BCUT2D eigenvalue weighted by Gasteiger charge is -2.34. The first-order chi connectivity index (χ1) is 12.3. The van der Waals surface area contributed by atoms with Crippen LogP contribution in [0.1, 0.15) is 30.0 Å². The van der Waals surface area contributed by atoms with Gasteiger partial charge in [0.05, 0.1) is 0 Å². The Morgan fingerprint density at radius 3 is 2.40 bits per heavy atom. The van der Waals surface area contributed by atoms with Gasteiger partial charge in [0.2, 0.25) is 0 Å². The molecule has 1 N–H and O–H groups in total. The lowest BCUT2D eigenvalue weighted by molar-refractivity contribution is 0.505. The molecule has 1 aromatic heterocycles. The Bertz CT molecular complexity index is 868. The van der Waals surface area contributed by atoms with Crippen molar-refractivity contribution in [3.8, 4) is 17.3 Å². The fraction of sp³-hybridized carbons (Fsp3) is 0.250. The number of hydrogen-bond donors (Lipinski definition) is 1. The monoisotopic (exact) mass is 329 g/mol. The Morgan fingerprint density at radius 1 is 1.00 bits per heavy atom. The molecule has 0 radical (unpaired) electrons. The van der Waals surface area contributed by atoms with Crippen LogP contribution in [0.15, 0.2) is 54.6 Å². The SMILES string of the molecule is N#Cc1[nH]nnc1-c1ccc(N2CCC(c3ccccc3)CC2)cc1. The maximum absolute atomic E-state index is 9.08. The molecule has 2 heterocycles. The molecule has 0 spiro atoms. The number of nitriles is 1. The van der Waals surface area contributed by atoms with E-state index in [1.807, 2.05) is 12.1 Å². The van der Waals surface area contributed by atoms with E-state index >= 15 is 0 Å². The molecule has 4 rings (SSSR count). The van der Waals surface area contributed by atoms with Gasteiger partial charge in [-0.25, -0.2) is 5.10 Å². The predicted octanol–water partition coefficient (Wildman–Crippen LogP) is 3.73. The fourth-order valence-electron chi connectivity index (χ4n) is 3.53. The molecule has 1 saturated heterocycles. The molecule has 0 amide bonds. The predicted molar refractivity (Wildman–Crippen MR) is 97.2 cm³/mol. The summed E-state index contributed by atoms with van der Waals surface area (Å²) < 4.78 is 0. The second-order valence-electron chi connectivity index (χ2n) is 6.37. The Morgan fingerprint density at radius 2 is 1.72 bits per heavy atom. The largest absolute Gasteiger partial charge is 0.371 e. The van der Waals surface area contributed by atoms with Gasteiger partial charge < -0.3 is 4.90 Å². The van der Waals surface area contributed by atoms with Crippen LogP contribution in [0.25, 0.3) is 11.3 Å². The van der Waals surface area contributed by atoms with E-state index in [4.69, 9.17) is 5.26 Å². The second-order valence-corrected chi connectivity index (χ2v) is 6.37. The van der Waals surface area contributed by atoms with Crippen molar-refractivity contribution in [2.24, 2.45) is 0 Å². The van der Waals surface area contributed by atoms with Crippen molar-refractivity contribution in [3.05, 3.63) is 65.9 Å². The number of anilines is 1. The van der Waals surface area contributed by atoms with Gasteiger partial charge in [0, 0.05) is 24.3 Å². The molecule has 3 aromatic rings. The quantitative estimate of drug-likeness (QED) is 0.795. The zero-order valence-electron chi connectivity index (χ0n) is 13.9. The van der Waals surface area contributed by atoms with Crippen LogP contribution in [0.2, 0.25) is 0 Å². The molecular formula is C20H19N5. The molecule has 124 valence electrons. The first-order valence-electron chi connectivity index (χ1n) is 8.56. The van der Waals surface area contributed by atoms with Crippen molar-refractivity contribution in [1.82, 2.24) is 15.4 Å². The van der Waals surface area contributed by atoms with Gasteiger partial charge in [-0.15, -0.1) is 5.10 Å². The van der Waals surface area contributed by atoms with Crippen LogP contribution < -0.4 is 4.90 Å². The summed E-state index contributed by atoms with van der Waals surface area (Å²) >= 11 is 0. The summed E-state index contributed by atoms with van der Waals surface area (Å²) in [5.41, 5.74) is 4.59. The number of rotatable bonds is 3. The fourth-order valence-corrected chi connectivity index (χ4v) is 3.53. The van der Waals surface area contributed by atoms with Crippen molar-refractivity contribution in [1.29, 1.82) is 5.26 Å². The summed E-state index contributed by atoms with van der Waals surface area (Å²) in [7, 11) is 0. The van der Waals surface area contributed by atoms with Crippen LogP contribution in [0.5, 0.6) is 0 Å². The molecule has 5 nitrogen and oxygen atoms in total. The zero-order valence-corrected chi connectivity index (χ0v) is 13.9. The highest BCUT2D eigenvalue weighted by molar-refractivity contribution is 5.66. The van der Waals surface area contributed by atoms with E-state index in [0.717, 1.165) is 18.7 Å². The van der Waals surface area contributed by atoms with Gasteiger partial charge >= 0.3 is 0 Å². The number of hydrogen-bond acceptors (Lipinski definition) is 4. The van der Waals surface area contributed by atoms with E-state index in [9.17, 15) is 0 Å². The molecule has 2 aromatic carbocycles. The number of aromatic amines is 1. The number of aromatic nitrogens is 3. The average molecular weight is 329 g/mol. The van der Waals surface area contributed by atoms with Crippen molar-refractivity contribution in [2.45, 2.75) is 18.8 Å². The van der Waals surface area contributed by atoms with Crippen LogP contribution in [-0.4, -0.2) is 28.5 Å². The van der Waals surface area contributed by atoms with Gasteiger partial charge in [-0.2, -0.15) is 5.26 Å². The van der Waals surface area contributed by atoms with Gasteiger partial charge in [-0.3, -0.25) is 0 Å². The van der Waals surface area contributed by atoms with Gasteiger partial charge in [0.1, 0.15) is 11.8 Å². The van der Waals surface area contributed by atoms with Crippen molar-refractivity contribution < 1.29 is 0 Å². The molecule has 0 unspecified atom stereocenters. The van der Waals surface area contributed by atoms with Crippen LogP contribution in [0.4, 0.5) is 5.69 Å². The topological polar surface area (TPSA) is 68.6 Å². The zero-order chi connectivity index (χ0) is 17.1. The molecule has 0 saturated carbocycles. The summed E-state index contributed by atoms with van der Waals surface area (Å²) in [5, 5.41) is 19.4. The molecule has 0 atom stereocenters. The first-order valence-corrected chi connectivity index (χ1v) is 8.56. The van der Waals surface area contributed by atoms with E-state index in [0.29, 0.717) is 17.3 Å². The molecule has 1 aliphatic rings. The van der Waals surface area contributed by atoms with Crippen LogP contribution >= 0.6 is 0 Å². The minimum absolute atomic E-state index is 0.399. The molecule has 25 heavy (non-hydrogen) atoms. The molecular weight excluding hydrogens is 310 g/mol. The van der Waals surface area contributed by atoms with E-state index in [2.05, 4.69) is 68.8 Å². The standard InChI is InChI=1S/C20H19N5/c21-14-19-20(23-24-22-19)17-6-8-18(9-7-17)25-12-10-16(11-13-25)15-4-2-1-3-5-15/h1-9,16H,10-13H2,(H,22,23,24). The van der Waals surface area contributed by atoms with Crippen molar-refractivity contribution in [2.75, 3.05) is 18.0 Å². The van der Waals surface area contributed by atoms with Gasteiger partial charge in [0.25, 0.3) is 0 Å². The van der Waals surface area contributed by atoms with E-state index < -0.39 is 0 Å². The van der Waals surface area contributed by atoms with Crippen molar-refractivity contribution >= 4 is 5.69 Å². The van der Waals surface area contributed by atoms with Crippen LogP contribution in [0, 0.1) is 11.3 Å². The number of H-pyrrole nitrogens is 1. The Hall–Kier alpha value is -3.13. The summed E-state index contributed by atoms with van der Waals surface area (Å²) in [6.45, 7) is 2.12. The summed E-state index contributed by atoms with van der Waals surface area (Å²) in [6.07, 6.45) is 2.35. The number of nitrogens with one attached hydrogen (secondary N) is 1. The summed E-state index contributed by atoms with van der Waals surface area (Å²) in [4.78, 5) is 2.43. The Kier molecular flexibility index (Phi) is 4.17. The normalized spacial score (nSPS) is 15.1. The maximum atomic E-state index is 9.08. The Labute approximate surface area is 146 Å².